The number of pyridine rings is 1. The number of hydrogen-bond acceptors (Lipinski definition) is 4. The van der Waals surface area contributed by atoms with Gasteiger partial charge in [0.2, 0.25) is 0 Å². The van der Waals surface area contributed by atoms with E-state index in [1.807, 2.05) is 60.0 Å². The van der Waals surface area contributed by atoms with Gasteiger partial charge in [-0.3, -0.25) is 5.32 Å². The zero-order valence-electron chi connectivity index (χ0n) is 13.0. The molecule has 0 bridgehead atoms. The molecule has 4 aromatic rings. The lowest BCUT2D eigenvalue weighted by Crippen LogP contribution is -2.28. The number of hydrogen-bond donors (Lipinski definition) is 2. The number of amides is 2. The van der Waals surface area contributed by atoms with Crippen molar-refractivity contribution in [3.63, 3.8) is 0 Å². The van der Waals surface area contributed by atoms with Crippen molar-refractivity contribution < 1.29 is 4.79 Å². The molecule has 0 saturated carbocycles. The summed E-state index contributed by atoms with van der Waals surface area (Å²) in [6.45, 7) is 2.30. The number of fused-ring (bicyclic) bond motifs is 2. The fourth-order valence-corrected chi connectivity index (χ4v) is 3.49. The van der Waals surface area contributed by atoms with Gasteiger partial charge in [-0.1, -0.05) is 29.5 Å². The minimum atomic E-state index is -0.288. The number of aryl methyl sites for hydroxylation is 1. The molecule has 0 aliphatic rings. The number of nitrogens with one attached hydrogen (secondary N) is 2. The largest absolute Gasteiger partial charge is 0.332 e. The standard InChI is InChI=1S/C17H15N5OS/c1-11-19-13(14-7-4-5-9-22(11)14)10-18-16(23)21-17-20-12-6-2-3-8-15(12)24-17/h2-9H,10H2,1H3,(H2,18,20,21,23). The van der Waals surface area contributed by atoms with Crippen LogP contribution in [-0.4, -0.2) is 20.4 Å². The van der Waals surface area contributed by atoms with E-state index in [9.17, 15) is 4.79 Å². The summed E-state index contributed by atoms with van der Waals surface area (Å²) in [6.07, 6.45) is 1.96. The van der Waals surface area contributed by atoms with E-state index in [-0.39, 0.29) is 6.03 Å². The molecule has 1 aromatic carbocycles. The summed E-state index contributed by atoms with van der Waals surface area (Å²) in [5.74, 6) is 0.897. The van der Waals surface area contributed by atoms with E-state index >= 15 is 0 Å². The van der Waals surface area contributed by atoms with Crippen molar-refractivity contribution in [3.05, 3.63) is 60.2 Å². The molecule has 0 fully saturated rings. The third kappa shape index (κ3) is 2.69. The van der Waals surface area contributed by atoms with E-state index in [0.717, 1.165) is 27.3 Å². The van der Waals surface area contributed by atoms with Crippen LogP contribution in [0.15, 0.2) is 48.7 Å². The van der Waals surface area contributed by atoms with Gasteiger partial charge in [0.1, 0.15) is 5.82 Å². The molecule has 4 rings (SSSR count). The molecular weight excluding hydrogens is 322 g/mol. The van der Waals surface area contributed by atoms with Crippen molar-refractivity contribution in [1.82, 2.24) is 19.7 Å². The number of para-hydroxylation sites is 1. The quantitative estimate of drug-likeness (QED) is 0.600. The van der Waals surface area contributed by atoms with Crippen molar-refractivity contribution in [1.29, 1.82) is 0 Å². The first kappa shape index (κ1) is 14.6. The number of imidazole rings is 1. The Bertz CT molecular complexity index is 1000. The van der Waals surface area contributed by atoms with Gasteiger partial charge < -0.3 is 9.72 Å². The van der Waals surface area contributed by atoms with Crippen molar-refractivity contribution in [2.75, 3.05) is 5.32 Å². The highest BCUT2D eigenvalue weighted by molar-refractivity contribution is 7.22. The first-order valence-electron chi connectivity index (χ1n) is 7.54. The van der Waals surface area contributed by atoms with Crippen molar-refractivity contribution >= 4 is 38.2 Å². The van der Waals surface area contributed by atoms with Gasteiger partial charge in [-0.25, -0.2) is 14.8 Å². The predicted molar refractivity (Wildman–Crippen MR) is 95.4 cm³/mol. The van der Waals surface area contributed by atoms with Crippen LogP contribution in [0.25, 0.3) is 15.7 Å². The van der Waals surface area contributed by atoms with Crippen LogP contribution < -0.4 is 10.6 Å². The molecule has 7 heteroatoms. The molecule has 3 heterocycles. The fraction of sp³-hybridized carbons (Fsp3) is 0.118. The van der Waals surface area contributed by atoms with Crippen molar-refractivity contribution in [2.24, 2.45) is 0 Å². The maximum atomic E-state index is 12.1. The highest BCUT2D eigenvalue weighted by Gasteiger charge is 2.10. The molecule has 0 aliphatic carbocycles. The Kier molecular flexibility index (Phi) is 3.62. The summed E-state index contributed by atoms with van der Waals surface area (Å²) in [6, 6.07) is 13.4. The molecule has 24 heavy (non-hydrogen) atoms. The van der Waals surface area contributed by atoms with Crippen LogP contribution in [0.2, 0.25) is 0 Å². The van der Waals surface area contributed by atoms with E-state index in [1.165, 1.54) is 11.3 Å². The van der Waals surface area contributed by atoms with Gasteiger partial charge in [0.25, 0.3) is 0 Å². The number of carbonyl (C=O) groups excluding carboxylic acids is 1. The third-order valence-corrected chi connectivity index (χ3v) is 4.68. The van der Waals surface area contributed by atoms with Gasteiger partial charge >= 0.3 is 6.03 Å². The summed E-state index contributed by atoms with van der Waals surface area (Å²) in [5.41, 5.74) is 2.72. The molecule has 0 atom stereocenters. The molecule has 0 unspecified atom stereocenters. The van der Waals surface area contributed by atoms with Gasteiger partial charge in [0, 0.05) is 6.20 Å². The molecule has 0 spiro atoms. The lowest BCUT2D eigenvalue weighted by atomic mass is 10.3. The summed E-state index contributed by atoms with van der Waals surface area (Å²) in [5, 5.41) is 6.20. The molecule has 0 radical (unpaired) electrons. The van der Waals surface area contributed by atoms with Gasteiger partial charge in [0.05, 0.1) is 28.0 Å². The summed E-state index contributed by atoms with van der Waals surface area (Å²) in [4.78, 5) is 21.0. The molecule has 120 valence electrons. The van der Waals surface area contributed by atoms with Crippen molar-refractivity contribution in [2.45, 2.75) is 13.5 Å². The Morgan fingerprint density at radius 2 is 2.00 bits per heavy atom. The van der Waals surface area contributed by atoms with Gasteiger partial charge in [-0.2, -0.15) is 0 Å². The van der Waals surface area contributed by atoms with Crippen LogP contribution in [0.1, 0.15) is 11.5 Å². The average molecular weight is 337 g/mol. The molecule has 0 aliphatic heterocycles. The Morgan fingerprint density at radius 3 is 2.88 bits per heavy atom. The first-order chi connectivity index (χ1) is 11.7. The average Bonchev–Trinajstić information content (AvgIpc) is 3.14. The van der Waals surface area contributed by atoms with Crippen LogP contribution >= 0.6 is 11.3 Å². The Balaban J connectivity index is 1.46. The molecule has 2 amide bonds. The SMILES string of the molecule is Cc1nc(CNC(=O)Nc2nc3ccccc3s2)c2ccccn12. The highest BCUT2D eigenvalue weighted by atomic mass is 32.1. The molecule has 6 nitrogen and oxygen atoms in total. The van der Waals surface area contributed by atoms with E-state index in [0.29, 0.717) is 11.7 Å². The minimum absolute atomic E-state index is 0.288. The topological polar surface area (TPSA) is 71.3 Å². The van der Waals surface area contributed by atoms with E-state index in [4.69, 9.17) is 0 Å². The summed E-state index contributed by atoms with van der Waals surface area (Å²) in [7, 11) is 0. The Labute approximate surface area is 142 Å². The first-order valence-corrected chi connectivity index (χ1v) is 8.35. The van der Waals surface area contributed by atoms with Crippen LogP contribution in [-0.2, 0) is 6.54 Å². The van der Waals surface area contributed by atoms with E-state index in [2.05, 4.69) is 20.6 Å². The summed E-state index contributed by atoms with van der Waals surface area (Å²) >= 11 is 1.45. The van der Waals surface area contributed by atoms with Crippen molar-refractivity contribution in [3.8, 4) is 0 Å². The van der Waals surface area contributed by atoms with Gasteiger partial charge in [-0.05, 0) is 31.2 Å². The maximum Gasteiger partial charge on any atom is 0.321 e. The number of aromatic nitrogens is 3. The van der Waals surface area contributed by atoms with Gasteiger partial charge in [0.15, 0.2) is 5.13 Å². The van der Waals surface area contributed by atoms with E-state index < -0.39 is 0 Å². The number of urea groups is 1. The Morgan fingerprint density at radius 1 is 1.17 bits per heavy atom. The fourth-order valence-electron chi connectivity index (χ4n) is 2.63. The van der Waals surface area contributed by atoms with Crippen LogP contribution in [0.3, 0.4) is 0 Å². The van der Waals surface area contributed by atoms with Gasteiger partial charge in [-0.15, -0.1) is 0 Å². The number of benzene rings is 1. The maximum absolute atomic E-state index is 12.1. The third-order valence-electron chi connectivity index (χ3n) is 3.73. The monoisotopic (exact) mass is 337 g/mol. The highest BCUT2D eigenvalue weighted by Crippen LogP contribution is 2.25. The number of rotatable bonds is 3. The van der Waals surface area contributed by atoms with Crippen LogP contribution in [0.4, 0.5) is 9.93 Å². The van der Waals surface area contributed by atoms with Crippen LogP contribution in [0, 0.1) is 6.92 Å². The van der Waals surface area contributed by atoms with E-state index in [1.54, 1.807) is 0 Å². The smallest absolute Gasteiger partial charge is 0.321 e. The Hall–Kier alpha value is -2.93. The molecule has 0 saturated heterocycles. The number of nitrogens with zero attached hydrogens (tertiary/aromatic N) is 3. The molecule has 3 aromatic heterocycles. The second-order valence-corrected chi connectivity index (χ2v) is 6.39. The normalized spacial score (nSPS) is 11.0. The second kappa shape index (κ2) is 5.93. The lowest BCUT2D eigenvalue weighted by molar-refractivity contribution is 0.251. The molecular formula is C17H15N5OS. The second-order valence-electron chi connectivity index (χ2n) is 5.36. The lowest BCUT2D eigenvalue weighted by Gasteiger charge is -2.04. The number of carbonyl (C=O) groups is 1. The van der Waals surface area contributed by atoms with Crippen LogP contribution in [0.5, 0.6) is 0 Å². The zero-order valence-corrected chi connectivity index (χ0v) is 13.8. The number of thiazole rings is 1. The zero-order chi connectivity index (χ0) is 16.5. The minimum Gasteiger partial charge on any atom is -0.332 e. The number of anilines is 1. The molecule has 2 N–H and O–H groups in total. The predicted octanol–water partition coefficient (Wildman–Crippen LogP) is 3.57. The summed E-state index contributed by atoms with van der Waals surface area (Å²) < 4.78 is 3.05.